The van der Waals surface area contributed by atoms with E-state index in [1.165, 1.54) is 24.2 Å². The fourth-order valence-electron chi connectivity index (χ4n) is 2.64. The van der Waals surface area contributed by atoms with E-state index in [0.29, 0.717) is 17.9 Å². The number of quaternary nitrogens is 1. The topological polar surface area (TPSA) is 96.0 Å². The molecule has 7 nitrogen and oxygen atoms in total. The van der Waals surface area contributed by atoms with E-state index in [1.54, 1.807) is 12.1 Å². The molecule has 1 aliphatic rings. The number of amides is 1. The molecule has 0 aliphatic carbocycles. The average molecular weight is 346 g/mol. The molecule has 134 valence electrons. The summed E-state index contributed by atoms with van der Waals surface area (Å²) in [6.07, 6.45) is 2.33. The van der Waals surface area contributed by atoms with Crippen LogP contribution in [-0.4, -0.2) is 57.5 Å². The molecule has 2 rings (SSSR count). The molecule has 0 bridgehead atoms. The maximum absolute atomic E-state index is 12.1. The Morgan fingerprint density at radius 3 is 2.92 bits per heavy atom. The summed E-state index contributed by atoms with van der Waals surface area (Å²) >= 11 is 0. The second-order valence-electron chi connectivity index (χ2n) is 5.82. The zero-order valence-corrected chi connectivity index (χ0v) is 14.4. The van der Waals surface area contributed by atoms with Crippen LogP contribution in [-0.2, 0) is 9.53 Å². The van der Waals surface area contributed by atoms with Crippen molar-refractivity contribution in [3.63, 3.8) is 0 Å². The Bertz CT molecular complexity index is 661. The highest BCUT2D eigenvalue weighted by Crippen LogP contribution is 2.27. The lowest BCUT2D eigenvalue weighted by atomic mass is 10.1. The van der Waals surface area contributed by atoms with Crippen LogP contribution in [0.2, 0.25) is 0 Å². The molecule has 25 heavy (non-hydrogen) atoms. The number of morpholine rings is 1. The number of benzene rings is 1. The standard InChI is InChI=1S/C18H23N3O4/c1-24-17-12-14(3-4-16(17)22)11-15(13-19)18(23)20-5-2-6-21-7-9-25-10-8-21/h3-4,11-12,22H,2,5-10H2,1H3,(H,20,23)/p+1/b15-11-. The second kappa shape index (κ2) is 9.67. The molecule has 1 aromatic rings. The Balaban J connectivity index is 1.86. The van der Waals surface area contributed by atoms with Crippen molar-refractivity contribution in [3.8, 4) is 17.6 Å². The zero-order valence-electron chi connectivity index (χ0n) is 14.4. The minimum atomic E-state index is -0.397. The number of hydrogen-bond acceptors (Lipinski definition) is 5. The first kappa shape index (κ1) is 18.8. The summed E-state index contributed by atoms with van der Waals surface area (Å²) < 4.78 is 10.3. The number of ether oxygens (including phenoxy) is 2. The van der Waals surface area contributed by atoms with Crippen molar-refractivity contribution in [3.05, 3.63) is 29.3 Å². The molecule has 1 aliphatic heterocycles. The van der Waals surface area contributed by atoms with Gasteiger partial charge in [0.2, 0.25) is 0 Å². The molecule has 1 amide bonds. The van der Waals surface area contributed by atoms with Gasteiger partial charge in [-0.05, 0) is 23.8 Å². The number of carbonyl (C=O) groups excluding carboxylic acids is 1. The van der Waals surface area contributed by atoms with Crippen molar-refractivity contribution in [1.29, 1.82) is 5.26 Å². The van der Waals surface area contributed by atoms with Gasteiger partial charge in [-0.1, -0.05) is 6.07 Å². The van der Waals surface area contributed by atoms with Crippen molar-refractivity contribution in [1.82, 2.24) is 5.32 Å². The molecule has 0 spiro atoms. The molecule has 0 unspecified atom stereocenters. The number of phenols is 1. The molecule has 1 aromatic carbocycles. The van der Waals surface area contributed by atoms with E-state index in [4.69, 9.17) is 9.47 Å². The third kappa shape index (κ3) is 5.78. The van der Waals surface area contributed by atoms with E-state index in [9.17, 15) is 15.2 Å². The monoisotopic (exact) mass is 346 g/mol. The first-order valence-corrected chi connectivity index (χ1v) is 8.32. The fraction of sp³-hybridized carbons (Fsp3) is 0.444. The van der Waals surface area contributed by atoms with Gasteiger partial charge in [-0.25, -0.2) is 0 Å². The lowest BCUT2D eigenvalue weighted by Gasteiger charge is -2.23. The minimum Gasteiger partial charge on any atom is -0.504 e. The molecular weight excluding hydrogens is 322 g/mol. The van der Waals surface area contributed by atoms with Gasteiger partial charge in [0.1, 0.15) is 24.7 Å². The summed E-state index contributed by atoms with van der Waals surface area (Å²) in [5.74, 6) is -0.0975. The van der Waals surface area contributed by atoms with Crippen molar-refractivity contribution >= 4 is 12.0 Å². The van der Waals surface area contributed by atoms with Crippen molar-refractivity contribution in [2.75, 3.05) is 46.5 Å². The van der Waals surface area contributed by atoms with Gasteiger partial charge in [-0.2, -0.15) is 5.26 Å². The number of carbonyl (C=O) groups is 1. The third-order valence-corrected chi connectivity index (χ3v) is 4.07. The van der Waals surface area contributed by atoms with E-state index in [-0.39, 0.29) is 11.3 Å². The van der Waals surface area contributed by atoms with Gasteiger partial charge in [-0.3, -0.25) is 4.79 Å². The van der Waals surface area contributed by atoms with Crippen LogP contribution in [0.5, 0.6) is 11.5 Å². The summed E-state index contributed by atoms with van der Waals surface area (Å²) in [5, 5.41) is 21.6. The summed E-state index contributed by atoms with van der Waals surface area (Å²) in [6, 6.07) is 6.56. The predicted octanol–water partition coefficient (Wildman–Crippen LogP) is -0.271. The Hall–Kier alpha value is -2.56. The molecule has 0 aromatic heterocycles. The number of methoxy groups -OCH3 is 1. The van der Waals surface area contributed by atoms with Crippen molar-refractivity contribution in [2.45, 2.75) is 6.42 Å². The van der Waals surface area contributed by atoms with Gasteiger partial charge in [0.15, 0.2) is 11.5 Å². The van der Waals surface area contributed by atoms with Crippen LogP contribution in [0.25, 0.3) is 6.08 Å². The van der Waals surface area contributed by atoms with Gasteiger partial charge in [0, 0.05) is 13.0 Å². The number of nitriles is 1. The Morgan fingerprint density at radius 2 is 2.24 bits per heavy atom. The molecular formula is C18H24N3O4+. The van der Waals surface area contributed by atoms with Gasteiger partial charge in [0.25, 0.3) is 5.91 Å². The normalized spacial score (nSPS) is 15.4. The van der Waals surface area contributed by atoms with Crippen molar-refractivity contribution < 1.29 is 24.3 Å². The highest BCUT2D eigenvalue weighted by atomic mass is 16.5. The van der Waals surface area contributed by atoms with Crippen LogP contribution in [0.1, 0.15) is 12.0 Å². The number of rotatable bonds is 7. The molecule has 7 heteroatoms. The largest absolute Gasteiger partial charge is 0.504 e. The SMILES string of the molecule is COc1cc(/C=C(/C#N)C(=O)NCCC[NH+]2CCOCC2)ccc1O. The van der Waals surface area contributed by atoms with Crippen LogP contribution in [0.3, 0.4) is 0 Å². The summed E-state index contributed by atoms with van der Waals surface area (Å²) in [5.41, 5.74) is 0.630. The second-order valence-corrected chi connectivity index (χ2v) is 5.82. The molecule has 0 radical (unpaired) electrons. The first-order valence-electron chi connectivity index (χ1n) is 8.32. The Morgan fingerprint density at radius 1 is 1.48 bits per heavy atom. The van der Waals surface area contributed by atoms with Gasteiger partial charge < -0.3 is 24.8 Å². The summed E-state index contributed by atoms with van der Waals surface area (Å²) in [4.78, 5) is 13.6. The van der Waals surface area contributed by atoms with E-state index in [0.717, 1.165) is 39.3 Å². The molecule has 1 heterocycles. The molecule has 0 atom stereocenters. The van der Waals surface area contributed by atoms with Crippen LogP contribution in [0, 0.1) is 11.3 Å². The summed E-state index contributed by atoms with van der Waals surface area (Å²) in [6.45, 7) is 5.09. The quantitative estimate of drug-likeness (QED) is 0.359. The minimum absolute atomic E-state index is 0.00761. The molecule has 0 saturated carbocycles. The predicted molar refractivity (Wildman–Crippen MR) is 92.3 cm³/mol. The summed E-state index contributed by atoms with van der Waals surface area (Å²) in [7, 11) is 1.44. The first-order chi connectivity index (χ1) is 12.1. The highest BCUT2D eigenvalue weighted by Gasteiger charge is 2.14. The number of phenolic OH excluding ortho intramolecular Hbond substituents is 1. The van der Waals surface area contributed by atoms with Gasteiger partial charge in [-0.15, -0.1) is 0 Å². The number of nitrogens with zero attached hydrogens (tertiary/aromatic N) is 1. The van der Waals surface area contributed by atoms with E-state index < -0.39 is 5.91 Å². The number of aromatic hydroxyl groups is 1. The third-order valence-electron chi connectivity index (χ3n) is 4.07. The van der Waals surface area contributed by atoms with Gasteiger partial charge >= 0.3 is 0 Å². The Labute approximate surface area is 147 Å². The van der Waals surface area contributed by atoms with Crippen LogP contribution >= 0.6 is 0 Å². The van der Waals surface area contributed by atoms with Gasteiger partial charge in [0.05, 0.1) is 26.9 Å². The molecule has 3 N–H and O–H groups in total. The Kier molecular flexibility index (Phi) is 7.26. The van der Waals surface area contributed by atoms with Crippen molar-refractivity contribution in [2.24, 2.45) is 0 Å². The molecule has 1 fully saturated rings. The van der Waals surface area contributed by atoms with E-state index in [1.807, 2.05) is 6.07 Å². The van der Waals surface area contributed by atoms with Crippen LogP contribution in [0.4, 0.5) is 0 Å². The fourth-order valence-corrected chi connectivity index (χ4v) is 2.64. The lowest BCUT2D eigenvalue weighted by molar-refractivity contribution is -0.908. The lowest BCUT2D eigenvalue weighted by Crippen LogP contribution is -3.14. The average Bonchev–Trinajstić information content (AvgIpc) is 2.65. The van der Waals surface area contributed by atoms with E-state index >= 15 is 0 Å². The zero-order chi connectivity index (χ0) is 18.1. The smallest absolute Gasteiger partial charge is 0.261 e. The van der Waals surface area contributed by atoms with Crippen LogP contribution < -0.4 is 15.0 Å². The van der Waals surface area contributed by atoms with E-state index in [2.05, 4.69) is 5.32 Å². The number of nitrogens with one attached hydrogen (secondary N) is 2. The maximum atomic E-state index is 12.1. The highest BCUT2D eigenvalue weighted by molar-refractivity contribution is 6.01. The van der Waals surface area contributed by atoms with Crippen LogP contribution in [0.15, 0.2) is 23.8 Å². The maximum Gasteiger partial charge on any atom is 0.261 e. The number of hydrogen-bond donors (Lipinski definition) is 3. The molecule has 1 saturated heterocycles.